The number of carbonyl (C=O) groups excluding carboxylic acids is 3. The van der Waals surface area contributed by atoms with Crippen molar-refractivity contribution in [2.45, 2.75) is 40.0 Å². The molecule has 4 amide bonds. The molecule has 4 heterocycles. The van der Waals surface area contributed by atoms with Crippen molar-refractivity contribution in [3.05, 3.63) is 78.9 Å². The third-order valence-corrected chi connectivity index (χ3v) is 8.15. The van der Waals surface area contributed by atoms with Crippen molar-refractivity contribution in [3.63, 3.8) is 0 Å². The number of rotatable bonds is 10. The smallest absolute Gasteiger partial charge is 0.324 e. The predicted octanol–water partition coefficient (Wildman–Crippen LogP) is 6.51. The zero-order chi connectivity index (χ0) is 32.9. The van der Waals surface area contributed by atoms with Crippen molar-refractivity contribution in [2.75, 3.05) is 27.4 Å². The summed E-state index contributed by atoms with van der Waals surface area (Å²) < 4.78 is 7.45. The standard InChI is InChI=1S/C33H33N9O4S/c1-20(2)15-24-16-29(42(40-24)26-10-8-23(9-11-26)37-21(3)43)39-31(45)38-25-17-34-32(35-18-25)46-27-12-6-22(7-13-27)28-19-36-33(47-28)41-14-4-5-30(41)44/h6-13,16-20H,4-5,14-15H2,1-3H3,(H,37,43)(H2,38,39,45). The highest BCUT2D eigenvalue weighted by Crippen LogP contribution is 2.34. The topological polar surface area (TPSA) is 156 Å². The lowest BCUT2D eigenvalue weighted by atomic mass is 10.1. The highest BCUT2D eigenvalue weighted by Gasteiger charge is 2.24. The van der Waals surface area contributed by atoms with Gasteiger partial charge in [-0.15, -0.1) is 0 Å². The van der Waals surface area contributed by atoms with Gasteiger partial charge in [-0.1, -0.05) is 25.2 Å². The molecule has 6 rings (SSSR count). The molecule has 1 aliphatic rings. The Hall–Kier alpha value is -5.63. The number of aromatic nitrogens is 5. The number of nitrogens with one attached hydrogen (secondary N) is 3. The number of carbonyl (C=O) groups is 3. The summed E-state index contributed by atoms with van der Waals surface area (Å²) >= 11 is 1.48. The second kappa shape index (κ2) is 13.8. The van der Waals surface area contributed by atoms with Crippen molar-refractivity contribution < 1.29 is 19.1 Å². The van der Waals surface area contributed by atoms with Gasteiger partial charge in [0.25, 0.3) is 0 Å². The van der Waals surface area contributed by atoms with Crippen LogP contribution in [0.3, 0.4) is 0 Å². The zero-order valence-corrected chi connectivity index (χ0v) is 26.9. The molecule has 0 radical (unpaired) electrons. The lowest BCUT2D eigenvalue weighted by molar-refractivity contribution is -0.117. The number of ether oxygens (including phenoxy) is 1. The maximum Gasteiger partial charge on any atom is 0.324 e. The molecule has 13 nitrogen and oxygen atoms in total. The van der Waals surface area contributed by atoms with E-state index in [0.29, 0.717) is 41.8 Å². The summed E-state index contributed by atoms with van der Waals surface area (Å²) in [7, 11) is 0. The molecule has 1 saturated heterocycles. The van der Waals surface area contributed by atoms with Gasteiger partial charge >= 0.3 is 12.0 Å². The first-order chi connectivity index (χ1) is 22.7. The van der Waals surface area contributed by atoms with Gasteiger partial charge in [-0.2, -0.15) is 5.10 Å². The Bertz CT molecular complexity index is 1880. The Morgan fingerprint density at radius 2 is 1.68 bits per heavy atom. The van der Waals surface area contributed by atoms with Crippen LogP contribution in [0.4, 0.5) is 27.1 Å². The molecule has 14 heteroatoms. The van der Waals surface area contributed by atoms with E-state index in [1.165, 1.54) is 30.7 Å². The molecule has 0 aliphatic carbocycles. The molecule has 1 fully saturated rings. The summed E-state index contributed by atoms with van der Waals surface area (Å²) in [6.45, 7) is 6.36. The fourth-order valence-corrected chi connectivity index (χ4v) is 5.97. The third kappa shape index (κ3) is 7.79. The summed E-state index contributed by atoms with van der Waals surface area (Å²) in [4.78, 5) is 52.0. The summed E-state index contributed by atoms with van der Waals surface area (Å²) in [5, 5.41) is 13.8. The third-order valence-electron chi connectivity index (χ3n) is 7.08. The normalized spacial score (nSPS) is 12.8. The average Bonchev–Trinajstić information content (AvgIpc) is 3.78. The molecule has 47 heavy (non-hydrogen) atoms. The van der Waals surface area contributed by atoms with E-state index in [-0.39, 0.29) is 17.8 Å². The molecule has 3 N–H and O–H groups in total. The molecule has 0 spiro atoms. The van der Waals surface area contributed by atoms with Gasteiger partial charge in [-0.05, 0) is 72.9 Å². The minimum absolute atomic E-state index is 0.114. The summed E-state index contributed by atoms with van der Waals surface area (Å²) in [6, 6.07) is 16.1. The Balaban J connectivity index is 1.07. The first-order valence-electron chi connectivity index (χ1n) is 15.1. The maximum atomic E-state index is 13.0. The van der Waals surface area contributed by atoms with Crippen molar-refractivity contribution in [2.24, 2.45) is 5.92 Å². The lowest BCUT2D eigenvalue weighted by Crippen LogP contribution is -2.23. The number of benzene rings is 2. The number of amides is 4. The van der Waals surface area contributed by atoms with Gasteiger partial charge in [0.05, 0.1) is 34.3 Å². The summed E-state index contributed by atoms with van der Waals surface area (Å²) in [5.74, 6) is 1.35. The number of anilines is 4. The average molecular weight is 652 g/mol. The molecule has 0 unspecified atom stereocenters. The van der Waals surface area contributed by atoms with Crippen molar-refractivity contribution >= 4 is 51.5 Å². The fourth-order valence-electron chi connectivity index (χ4n) is 5.00. The van der Waals surface area contributed by atoms with E-state index in [9.17, 15) is 14.4 Å². The van der Waals surface area contributed by atoms with Gasteiger partial charge in [-0.25, -0.2) is 24.4 Å². The van der Waals surface area contributed by atoms with E-state index in [4.69, 9.17) is 9.84 Å². The highest BCUT2D eigenvalue weighted by atomic mass is 32.1. The van der Waals surface area contributed by atoms with Gasteiger partial charge in [-0.3, -0.25) is 19.8 Å². The number of hydrogen-bond donors (Lipinski definition) is 3. The van der Waals surface area contributed by atoms with Crippen LogP contribution in [0.25, 0.3) is 16.1 Å². The minimum atomic E-state index is -0.495. The molecular formula is C33H33N9O4S. The summed E-state index contributed by atoms with van der Waals surface area (Å²) in [6.07, 6.45) is 6.85. The SMILES string of the molecule is CC(=O)Nc1ccc(-n2nc(CC(C)C)cc2NC(=O)Nc2cnc(Oc3ccc(-c4cnc(N5CCCC5=O)s4)cc3)nc2)cc1. The van der Waals surface area contributed by atoms with Gasteiger partial charge in [0.1, 0.15) is 11.6 Å². The Morgan fingerprint density at radius 1 is 0.936 bits per heavy atom. The molecule has 0 bridgehead atoms. The second-order valence-corrected chi connectivity index (χ2v) is 12.4. The minimum Gasteiger partial charge on any atom is -0.424 e. The van der Waals surface area contributed by atoms with E-state index in [1.54, 1.807) is 27.9 Å². The van der Waals surface area contributed by atoms with E-state index >= 15 is 0 Å². The van der Waals surface area contributed by atoms with Crippen LogP contribution in [-0.4, -0.2) is 49.1 Å². The molecule has 0 atom stereocenters. The highest BCUT2D eigenvalue weighted by molar-refractivity contribution is 7.19. The quantitative estimate of drug-likeness (QED) is 0.154. The van der Waals surface area contributed by atoms with Gasteiger partial charge in [0, 0.05) is 37.8 Å². The van der Waals surface area contributed by atoms with Crippen LogP contribution in [0.1, 0.15) is 39.3 Å². The van der Waals surface area contributed by atoms with Crippen molar-refractivity contribution in [3.8, 4) is 27.9 Å². The van der Waals surface area contributed by atoms with Gasteiger partial charge in [0.2, 0.25) is 11.8 Å². The van der Waals surface area contributed by atoms with Crippen LogP contribution in [-0.2, 0) is 16.0 Å². The summed E-state index contributed by atoms with van der Waals surface area (Å²) in [5.41, 5.74) is 3.54. The number of thiazole rings is 1. The first kappa shape index (κ1) is 31.4. The van der Waals surface area contributed by atoms with Crippen LogP contribution >= 0.6 is 11.3 Å². The zero-order valence-electron chi connectivity index (χ0n) is 26.1. The van der Waals surface area contributed by atoms with Crippen LogP contribution in [0.15, 0.2) is 73.2 Å². The second-order valence-electron chi connectivity index (χ2n) is 11.4. The lowest BCUT2D eigenvalue weighted by Gasteiger charge is -2.11. The van der Waals surface area contributed by atoms with Crippen molar-refractivity contribution in [1.29, 1.82) is 0 Å². The molecular weight excluding hydrogens is 618 g/mol. The molecule has 2 aromatic carbocycles. The molecule has 3 aromatic heterocycles. The van der Waals surface area contributed by atoms with Crippen molar-refractivity contribution in [1.82, 2.24) is 24.7 Å². The van der Waals surface area contributed by atoms with Crippen LogP contribution < -0.4 is 25.6 Å². The molecule has 0 saturated carbocycles. The van der Waals surface area contributed by atoms with Gasteiger partial charge in [0.15, 0.2) is 5.13 Å². The van der Waals surface area contributed by atoms with E-state index < -0.39 is 6.03 Å². The Kier molecular flexibility index (Phi) is 9.20. The Morgan fingerprint density at radius 3 is 2.34 bits per heavy atom. The monoisotopic (exact) mass is 651 g/mol. The van der Waals surface area contributed by atoms with E-state index in [0.717, 1.165) is 39.8 Å². The van der Waals surface area contributed by atoms with Gasteiger partial charge < -0.3 is 15.4 Å². The largest absolute Gasteiger partial charge is 0.424 e. The maximum absolute atomic E-state index is 13.0. The molecule has 5 aromatic rings. The molecule has 1 aliphatic heterocycles. The molecule has 240 valence electrons. The number of nitrogens with zero attached hydrogens (tertiary/aromatic N) is 6. The first-order valence-corrected chi connectivity index (χ1v) is 15.9. The predicted molar refractivity (Wildman–Crippen MR) is 180 cm³/mol. The van der Waals surface area contributed by atoms with Crippen LogP contribution in [0.2, 0.25) is 0 Å². The van der Waals surface area contributed by atoms with E-state index in [1.807, 2.05) is 42.5 Å². The number of urea groups is 1. The fraction of sp³-hybridized carbons (Fsp3) is 0.242. The van der Waals surface area contributed by atoms with Crippen LogP contribution in [0.5, 0.6) is 11.8 Å². The van der Waals surface area contributed by atoms with Crippen LogP contribution in [0, 0.1) is 5.92 Å². The van der Waals surface area contributed by atoms with E-state index in [2.05, 4.69) is 44.7 Å². The number of hydrogen-bond acceptors (Lipinski definition) is 9. The Labute approximate surface area is 275 Å².